The van der Waals surface area contributed by atoms with Gasteiger partial charge in [0.15, 0.2) is 0 Å². The summed E-state index contributed by atoms with van der Waals surface area (Å²) in [6, 6.07) is 15.4. The molecule has 0 aliphatic rings. The smallest absolute Gasteiger partial charge is 0.416 e. The van der Waals surface area contributed by atoms with Gasteiger partial charge < -0.3 is 10.1 Å². The van der Waals surface area contributed by atoms with Crippen LogP contribution in [0.1, 0.15) is 37.5 Å². The minimum absolute atomic E-state index is 0.200. The zero-order chi connectivity index (χ0) is 25.2. The Morgan fingerprint density at radius 1 is 1.06 bits per heavy atom. The van der Waals surface area contributed by atoms with E-state index in [-0.39, 0.29) is 18.1 Å². The predicted molar refractivity (Wildman–Crippen MR) is 124 cm³/mol. The van der Waals surface area contributed by atoms with Gasteiger partial charge in [0.1, 0.15) is 17.7 Å². The minimum Gasteiger partial charge on any atom is -0.484 e. The number of carbonyl (C=O) groups is 1. The van der Waals surface area contributed by atoms with Crippen LogP contribution in [0.15, 0.2) is 72.9 Å². The molecule has 4 aromatic rings. The molecular formula is C26H23F4N3O2. The number of hydrogen-bond acceptors (Lipinski definition) is 3. The van der Waals surface area contributed by atoms with Crippen molar-refractivity contribution in [3.8, 4) is 11.4 Å². The summed E-state index contributed by atoms with van der Waals surface area (Å²) in [5.41, 5.74) is 1.18. The number of nitrogens with one attached hydrogen (secondary N) is 1. The number of alkyl halides is 3. The van der Waals surface area contributed by atoms with E-state index in [2.05, 4.69) is 10.4 Å². The summed E-state index contributed by atoms with van der Waals surface area (Å²) >= 11 is 0. The zero-order valence-electron chi connectivity index (χ0n) is 19.0. The first-order valence-corrected chi connectivity index (χ1v) is 11.0. The number of aromatic nitrogens is 2. The van der Waals surface area contributed by atoms with Crippen LogP contribution in [0.2, 0.25) is 0 Å². The third kappa shape index (κ3) is 5.45. The van der Waals surface area contributed by atoms with Gasteiger partial charge in [-0.3, -0.25) is 4.79 Å². The molecule has 0 saturated heterocycles. The van der Waals surface area contributed by atoms with Gasteiger partial charge in [-0.15, -0.1) is 0 Å². The SMILES string of the molecule is CCC(=O)N[C@@H](C)[C@@H](Oc1ccc2c(cnn2-c2ccc(F)cc2)c1)c1ccc(C(F)(F)F)cc1. The number of amides is 1. The van der Waals surface area contributed by atoms with Gasteiger partial charge in [-0.05, 0) is 67.1 Å². The highest BCUT2D eigenvalue weighted by atomic mass is 19.4. The fraction of sp³-hybridized carbons (Fsp3) is 0.231. The van der Waals surface area contributed by atoms with Crippen molar-refractivity contribution >= 4 is 16.8 Å². The van der Waals surface area contributed by atoms with Gasteiger partial charge in [-0.25, -0.2) is 9.07 Å². The van der Waals surface area contributed by atoms with Crippen LogP contribution in [0.25, 0.3) is 16.6 Å². The molecule has 2 atom stereocenters. The lowest BCUT2D eigenvalue weighted by Gasteiger charge is -2.27. The van der Waals surface area contributed by atoms with Crippen molar-refractivity contribution in [2.75, 3.05) is 0 Å². The normalized spacial score (nSPS) is 13.4. The fourth-order valence-corrected chi connectivity index (χ4v) is 3.77. The Bertz CT molecular complexity index is 1320. The summed E-state index contributed by atoms with van der Waals surface area (Å²) in [7, 11) is 0. The van der Waals surface area contributed by atoms with Gasteiger partial charge in [0, 0.05) is 11.8 Å². The van der Waals surface area contributed by atoms with Crippen molar-refractivity contribution in [1.29, 1.82) is 0 Å². The first-order chi connectivity index (χ1) is 16.7. The van der Waals surface area contributed by atoms with Crippen molar-refractivity contribution in [3.05, 3.63) is 89.9 Å². The Labute approximate surface area is 199 Å². The molecule has 1 amide bonds. The molecule has 182 valence electrons. The highest BCUT2D eigenvalue weighted by Gasteiger charge is 2.31. The van der Waals surface area contributed by atoms with E-state index in [9.17, 15) is 22.4 Å². The maximum Gasteiger partial charge on any atom is 0.416 e. The first-order valence-electron chi connectivity index (χ1n) is 11.0. The Morgan fingerprint density at radius 2 is 1.74 bits per heavy atom. The molecule has 5 nitrogen and oxygen atoms in total. The summed E-state index contributed by atoms with van der Waals surface area (Å²) in [4.78, 5) is 12.0. The van der Waals surface area contributed by atoms with E-state index in [4.69, 9.17) is 4.74 Å². The molecule has 0 fully saturated rings. The number of hydrogen-bond donors (Lipinski definition) is 1. The van der Waals surface area contributed by atoms with E-state index in [0.29, 0.717) is 17.0 Å². The summed E-state index contributed by atoms with van der Waals surface area (Å²) in [6.07, 6.45) is -3.29. The van der Waals surface area contributed by atoms with Crippen molar-refractivity contribution < 1.29 is 27.1 Å². The van der Waals surface area contributed by atoms with Gasteiger partial charge in [-0.1, -0.05) is 19.1 Å². The molecule has 35 heavy (non-hydrogen) atoms. The molecule has 0 aliphatic carbocycles. The number of rotatable bonds is 7. The molecule has 3 aromatic carbocycles. The maximum absolute atomic E-state index is 13.3. The first kappa shape index (κ1) is 24.3. The fourth-order valence-electron chi connectivity index (χ4n) is 3.77. The van der Waals surface area contributed by atoms with E-state index < -0.39 is 23.9 Å². The van der Waals surface area contributed by atoms with Crippen LogP contribution in [0.5, 0.6) is 5.75 Å². The van der Waals surface area contributed by atoms with Gasteiger partial charge in [0.05, 0.1) is 29.0 Å². The second kappa shape index (κ2) is 9.77. The third-order valence-corrected chi connectivity index (χ3v) is 5.60. The largest absolute Gasteiger partial charge is 0.484 e. The lowest BCUT2D eigenvalue weighted by atomic mass is 10.0. The van der Waals surface area contributed by atoms with E-state index in [1.54, 1.807) is 55.1 Å². The van der Waals surface area contributed by atoms with E-state index in [0.717, 1.165) is 23.0 Å². The maximum atomic E-state index is 13.3. The Morgan fingerprint density at radius 3 is 2.37 bits per heavy atom. The zero-order valence-corrected chi connectivity index (χ0v) is 19.0. The van der Waals surface area contributed by atoms with Crippen molar-refractivity contribution in [3.63, 3.8) is 0 Å². The molecule has 0 spiro atoms. The van der Waals surface area contributed by atoms with Crippen LogP contribution in [0.4, 0.5) is 17.6 Å². The highest BCUT2D eigenvalue weighted by Crippen LogP contribution is 2.32. The van der Waals surface area contributed by atoms with Crippen LogP contribution in [-0.2, 0) is 11.0 Å². The number of ether oxygens (including phenoxy) is 1. The topological polar surface area (TPSA) is 56.1 Å². The van der Waals surface area contributed by atoms with E-state index in [1.165, 1.54) is 24.3 Å². The summed E-state index contributed by atoms with van der Waals surface area (Å²) in [6.45, 7) is 3.45. The summed E-state index contributed by atoms with van der Waals surface area (Å²) in [5, 5.41) is 7.95. The van der Waals surface area contributed by atoms with Crippen LogP contribution in [-0.4, -0.2) is 21.7 Å². The summed E-state index contributed by atoms with van der Waals surface area (Å²) in [5.74, 6) is -0.0906. The molecule has 1 N–H and O–H groups in total. The number of carbonyl (C=O) groups excluding carboxylic acids is 1. The van der Waals surface area contributed by atoms with Gasteiger partial charge >= 0.3 is 6.18 Å². The van der Waals surface area contributed by atoms with Gasteiger partial charge in [-0.2, -0.15) is 18.3 Å². The Hall–Kier alpha value is -3.88. The molecular weight excluding hydrogens is 462 g/mol. The molecule has 0 aliphatic heterocycles. The quantitative estimate of drug-likeness (QED) is 0.316. The molecule has 0 saturated carbocycles. The molecule has 0 bridgehead atoms. The molecule has 0 unspecified atom stereocenters. The van der Waals surface area contributed by atoms with Crippen molar-refractivity contribution in [1.82, 2.24) is 15.1 Å². The lowest BCUT2D eigenvalue weighted by molar-refractivity contribution is -0.137. The second-order valence-corrected chi connectivity index (χ2v) is 8.12. The van der Waals surface area contributed by atoms with Gasteiger partial charge in [0.25, 0.3) is 0 Å². The predicted octanol–water partition coefficient (Wildman–Crippen LogP) is 6.22. The standard InChI is InChI=1S/C26H23F4N3O2/c1-3-24(34)32-16(2)25(17-4-6-19(7-5-17)26(28,29)30)35-22-12-13-23-18(14-22)15-31-33(23)21-10-8-20(27)9-11-21/h4-16,25H,3H2,1-2H3,(H,32,34)/t16-,25+/m0/s1. The van der Waals surface area contributed by atoms with Crippen LogP contribution in [0.3, 0.4) is 0 Å². The van der Waals surface area contributed by atoms with Crippen LogP contribution < -0.4 is 10.1 Å². The van der Waals surface area contributed by atoms with Crippen molar-refractivity contribution in [2.24, 2.45) is 0 Å². The van der Waals surface area contributed by atoms with Crippen molar-refractivity contribution in [2.45, 2.75) is 38.6 Å². The summed E-state index contributed by atoms with van der Waals surface area (Å²) < 4.78 is 60.2. The minimum atomic E-state index is -4.45. The van der Waals surface area contributed by atoms with Crippen LogP contribution >= 0.6 is 0 Å². The average molecular weight is 485 g/mol. The molecule has 0 radical (unpaired) electrons. The Balaban J connectivity index is 1.64. The average Bonchev–Trinajstić information content (AvgIpc) is 3.25. The Kier molecular flexibility index (Phi) is 6.77. The molecule has 1 heterocycles. The molecule has 4 rings (SSSR count). The number of fused-ring (bicyclic) bond motifs is 1. The second-order valence-electron chi connectivity index (χ2n) is 8.12. The third-order valence-electron chi connectivity index (χ3n) is 5.60. The monoisotopic (exact) mass is 485 g/mol. The number of halogens is 4. The number of nitrogens with zero attached hydrogens (tertiary/aromatic N) is 2. The van der Waals surface area contributed by atoms with E-state index >= 15 is 0 Å². The number of benzene rings is 3. The lowest BCUT2D eigenvalue weighted by Crippen LogP contribution is -2.38. The highest BCUT2D eigenvalue weighted by molar-refractivity contribution is 5.81. The van der Waals surface area contributed by atoms with Crippen LogP contribution in [0, 0.1) is 5.82 Å². The van der Waals surface area contributed by atoms with E-state index in [1.807, 2.05) is 0 Å². The molecule has 9 heteroatoms. The molecule has 1 aromatic heterocycles. The van der Waals surface area contributed by atoms with Gasteiger partial charge in [0.2, 0.25) is 5.91 Å².